The number of hydrogen-bond acceptors (Lipinski definition) is 2. The van der Waals surface area contributed by atoms with Crippen LogP contribution >= 0.6 is 11.6 Å². The van der Waals surface area contributed by atoms with E-state index in [0.717, 1.165) is 19.3 Å². The van der Waals surface area contributed by atoms with E-state index >= 15 is 0 Å². The van der Waals surface area contributed by atoms with Crippen molar-refractivity contribution in [2.24, 2.45) is 5.92 Å². The van der Waals surface area contributed by atoms with Crippen molar-refractivity contribution in [2.45, 2.75) is 19.3 Å². The second-order valence-corrected chi connectivity index (χ2v) is 5.39. The Morgan fingerprint density at radius 2 is 2.14 bits per heavy atom. The van der Waals surface area contributed by atoms with E-state index in [1.54, 1.807) is 0 Å². The van der Waals surface area contributed by atoms with Gasteiger partial charge in [0.1, 0.15) is 0 Å². The second kappa shape index (κ2) is 7.13. The Balaban J connectivity index is 1.91. The van der Waals surface area contributed by atoms with E-state index < -0.39 is 5.97 Å². The van der Waals surface area contributed by atoms with Crippen molar-refractivity contribution in [1.82, 2.24) is 5.32 Å². The Morgan fingerprint density at radius 3 is 2.81 bits per heavy atom. The minimum Gasteiger partial charge on any atom is -0.478 e. The molecule has 112 valence electrons. The van der Waals surface area contributed by atoms with E-state index in [0.29, 0.717) is 17.5 Å². The molecule has 1 atom stereocenters. The molecule has 1 aromatic carbocycles. The van der Waals surface area contributed by atoms with Crippen LogP contribution in [0.2, 0.25) is 5.02 Å². The first-order valence-electron chi connectivity index (χ1n) is 6.79. The van der Waals surface area contributed by atoms with E-state index in [9.17, 15) is 9.59 Å². The number of carbonyl (C=O) groups excluding carboxylic acids is 1. The fourth-order valence-electron chi connectivity index (χ4n) is 2.20. The van der Waals surface area contributed by atoms with Crippen LogP contribution in [0.5, 0.6) is 0 Å². The van der Waals surface area contributed by atoms with Crippen molar-refractivity contribution < 1.29 is 14.7 Å². The van der Waals surface area contributed by atoms with Gasteiger partial charge in [-0.2, -0.15) is 0 Å². The number of allylic oxidation sites excluding steroid dienone is 2. The smallest absolute Gasteiger partial charge is 0.335 e. The number of anilines is 1. The third kappa shape index (κ3) is 4.49. The Hall–Kier alpha value is -2.01. The number of carbonyl (C=O) groups is 2. The van der Waals surface area contributed by atoms with E-state index in [1.165, 1.54) is 18.2 Å². The molecule has 0 saturated heterocycles. The first-order valence-corrected chi connectivity index (χ1v) is 7.16. The second-order valence-electron chi connectivity index (χ2n) is 4.99. The van der Waals surface area contributed by atoms with Crippen LogP contribution in [0.1, 0.15) is 29.6 Å². The van der Waals surface area contributed by atoms with E-state index in [2.05, 4.69) is 22.8 Å². The van der Waals surface area contributed by atoms with Gasteiger partial charge in [-0.15, -0.1) is 0 Å². The summed E-state index contributed by atoms with van der Waals surface area (Å²) >= 11 is 5.95. The third-order valence-corrected chi connectivity index (χ3v) is 3.72. The highest BCUT2D eigenvalue weighted by atomic mass is 35.5. The summed E-state index contributed by atoms with van der Waals surface area (Å²) in [7, 11) is 0. The SMILES string of the molecule is O=C(NCC1CC=CCC1)Nc1cc(C(=O)O)ccc1Cl. The van der Waals surface area contributed by atoms with Gasteiger partial charge >= 0.3 is 12.0 Å². The molecule has 1 unspecified atom stereocenters. The predicted molar refractivity (Wildman–Crippen MR) is 81.9 cm³/mol. The average Bonchev–Trinajstić information content (AvgIpc) is 2.48. The normalized spacial score (nSPS) is 17.3. The number of halogens is 1. The lowest BCUT2D eigenvalue weighted by atomic mass is 9.94. The lowest BCUT2D eigenvalue weighted by Crippen LogP contribution is -2.33. The molecule has 1 aliphatic rings. The molecule has 0 radical (unpaired) electrons. The van der Waals surface area contributed by atoms with Crippen molar-refractivity contribution >= 4 is 29.3 Å². The van der Waals surface area contributed by atoms with Crippen LogP contribution in [0.3, 0.4) is 0 Å². The van der Waals surface area contributed by atoms with Gasteiger partial charge in [0.15, 0.2) is 0 Å². The quantitative estimate of drug-likeness (QED) is 0.745. The number of nitrogens with one attached hydrogen (secondary N) is 2. The molecule has 1 aliphatic carbocycles. The average molecular weight is 309 g/mol. The summed E-state index contributed by atoms with van der Waals surface area (Å²) in [5.74, 6) is -0.620. The molecule has 0 aromatic heterocycles. The number of rotatable bonds is 4. The summed E-state index contributed by atoms with van der Waals surface area (Å²) in [6, 6.07) is 3.80. The Morgan fingerprint density at radius 1 is 1.33 bits per heavy atom. The zero-order valence-corrected chi connectivity index (χ0v) is 12.2. The highest BCUT2D eigenvalue weighted by Crippen LogP contribution is 2.23. The molecule has 0 aliphatic heterocycles. The molecule has 5 nitrogen and oxygen atoms in total. The third-order valence-electron chi connectivity index (χ3n) is 3.39. The standard InChI is InChI=1S/C15H17ClN2O3/c16-12-7-6-11(14(19)20)8-13(12)18-15(21)17-9-10-4-2-1-3-5-10/h1-2,6-8,10H,3-5,9H2,(H,19,20)(H2,17,18,21). The summed E-state index contributed by atoms with van der Waals surface area (Å²) in [6.07, 6.45) is 7.34. The van der Waals surface area contributed by atoms with Crippen LogP contribution in [0, 0.1) is 5.92 Å². The van der Waals surface area contributed by atoms with Crippen molar-refractivity contribution in [3.8, 4) is 0 Å². The first-order chi connectivity index (χ1) is 10.1. The summed E-state index contributed by atoms with van der Waals surface area (Å²) in [5, 5.41) is 14.6. The zero-order valence-electron chi connectivity index (χ0n) is 11.4. The van der Waals surface area contributed by atoms with Gasteiger partial charge < -0.3 is 15.7 Å². The highest BCUT2D eigenvalue weighted by Gasteiger charge is 2.13. The molecule has 2 amide bonds. The minimum absolute atomic E-state index is 0.0760. The molecule has 0 saturated carbocycles. The molecule has 6 heteroatoms. The topological polar surface area (TPSA) is 78.4 Å². The fourth-order valence-corrected chi connectivity index (χ4v) is 2.36. The first kappa shape index (κ1) is 15.4. The summed E-state index contributed by atoms with van der Waals surface area (Å²) in [5.41, 5.74) is 0.365. The van der Waals surface area contributed by atoms with Crippen LogP contribution in [0.25, 0.3) is 0 Å². The Bertz CT molecular complexity index is 572. The molecule has 0 fully saturated rings. The van der Waals surface area contributed by atoms with Crippen molar-refractivity contribution in [3.05, 3.63) is 40.9 Å². The molecular formula is C15H17ClN2O3. The van der Waals surface area contributed by atoms with Gasteiger partial charge in [0.2, 0.25) is 0 Å². The number of aromatic carboxylic acids is 1. The molecule has 0 spiro atoms. The van der Waals surface area contributed by atoms with Crippen LogP contribution in [-0.4, -0.2) is 23.7 Å². The van der Waals surface area contributed by atoms with Gasteiger partial charge in [-0.25, -0.2) is 9.59 Å². The van der Waals surface area contributed by atoms with Gasteiger partial charge in [0, 0.05) is 6.54 Å². The van der Waals surface area contributed by atoms with Gasteiger partial charge in [-0.3, -0.25) is 0 Å². The lowest BCUT2D eigenvalue weighted by molar-refractivity contribution is 0.0697. The summed E-state index contributed by atoms with van der Waals surface area (Å²) in [4.78, 5) is 22.7. The van der Waals surface area contributed by atoms with Crippen LogP contribution in [-0.2, 0) is 0 Å². The van der Waals surface area contributed by atoms with Gasteiger partial charge in [0.25, 0.3) is 0 Å². The number of urea groups is 1. The van der Waals surface area contributed by atoms with Crippen molar-refractivity contribution in [3.63, 3.8) is 0 Å². The van der Waals surface area contributed by atoms with Crippen LogP contribution in [0.15, 0.2) is 30.4 Å². The Kier molecular flexibility index (Phi) is 5.22. The number of benzene rings is 1. The number of amides is 2. The summed E-state index contributed by atoms with van der Waals surface area (Å²) in [6.45, 7) is 0.590. The fraction of sp³-hybridized carbons (Fsp3) is 0.333. The maximum atomic E-state index is 11.8. The van der Waals surface area contributed by atoms with Crippen molar-refractivity contribution in [2.75, 3.05) is 11.9 Å². The van der Waals surface area contributed by atoms with Crippen molar-refractivity contribution in [1.29, 1.82) is 0 Å². The van der Waals surface area contributed by atoms with Gasteiger partial charge in [-0.1, -0.05) is 23.8 Å². The number of hydrogen-bond donors (Lipinski definition) is 3. The van der Waals surface area contributed by atoms with E-state index in [-0.39, 0.29) is 17.3 Å². The van der Waals surface area contributed by atoms with Gasteiger partial charge in [0.05, 0.1) is 16.3 Å². The monoisotopic (exact) mass is 308 g/mol. The lowest BCUT2D eigenvalue weighted by Gasteiger charge is -2.18. The summed E-state index contributed by atoms with van der Waals surface area (Å²) < 4.78 is 0. The molecule has 1 aromatic rings. The maximum Gasteiger partial charge on any atom is 0.335 e. The Labute approximate surface area is 128 Å². The number of carboxylic acid groups (broad SMARTS) is 1. The molecule has 0 bridgehead atoms. The van der Waals surface area contributed by atoms with Gasteiger partial charge in [-0.05, 0) is 43.4 Å². The largest absolute Gasteiger partial charge is 0.478 e. The van der Waals surface area contributed by atoms with Crippen LogP contribution in [0.4, 0.5) is 10.5 Å². The minimum atomic E-state index is -1.07. The molecule has 3 N–H and O–H groups in total. The predicted octanol–water partition coefficient (Wildman–Crippen LogP) is 3.52. The van der Waals surface area contributed by atoms with Crippen LogP contribution < -0.4 is 10.6 Å². The molecule has 2 rings (SSSR count). The zero-order chi connectivity index (χ0) is 15.2. The number of carboxylic acids is 1. The highest BCUT2D eigenvalue weighted by molar-refractivity contribution is 6.33. The van der Waals surface area contributed by atoms with E-state index in [4.69, 9.17) is 16.7 Å². The molecule has 0 heterocycles. The molecular weight excluding hydrogens is 292 g/mol. The molecule has 21 heavy (non-hydrogen) atoms. The van der Waals surface area contributed by atoms with E-state index in [1.807, 2.05) is 0 Å². The maximum absolute atomic E-state index is 11.8.